The summed E-state index contributed by atoms with van der Waals surface area (Å²) < 4.78 is 26.5. The number of anilines is 3. The summed E-state index contributed by atoms with van der Waals surface area (Å²) in [5.74, 6) is 0.0427. The largest absolute Gasteiger partial charge is 0.339 e. The Balaban J connectivity index is 1.36. The highest BCUT2D eigenvalue weighted by atomic mass is 32.2. The number of hydrogen-bond donors (Lipinski definition) is 1. The summed E-state index contributed by atoms with van der Waals surface area (Å²) in [6, 6.07) is 21.5. The van der Waals surface area contributed by atoms with Crippen LogP contribution in [0.4, 0.5) is 17.1 Å². The minimum Gasteiger partial charge on any atom is -0.339 e. The van der Waals surface area contributed by atoms with Crippen molar-refractivity contribution in [1.29, 1.82) is 0 Å². The Bertz CT molecular complexity index is 1260. The molecule has 32 heavy (non-hydrogen) atoms. The SMILES string of the molecule is CNS(=O)(=O)c1ccc2c(c1)CCN2C(=O)CCN1c2ccccc2Sc2ccccc21. The van der Waals surface area contributed by atoms with Crippen LogP contribution in [0.3, 0.4) is 0 Å². The molecule has 0 aromatic heterocycles. The smallest absolute Gasteiger partial charge is 0.240 e. The van der Waals surface area contributed by atoms with E-state index in [2.05, 4.69) is 33.9 Å². The first-order valence-corrected chi connectivity index (χ1v) is 12.8. The second-order valence-electron chi connectivity index (χ2n) is 7.73. The molecular weight excluding hydrogens is 442 g/mol. The fraction of sp³-hybridized carbons (Fsp3) is 0.208. The van der Waals surface area contributed by atoms with Gasteiger partial charge in [-0.15, -0.1) is 0 Å². The van der Waals surface area contributed by atoms with Crippen LogP contribution >= 0.6 is 11.8 Å². The molecule has 2 heterocycles. The first-order valence-electron chi connectivity index (χ1n) is 10.5. The summed E-state index contributed by atoms with van der Waals surface area (Å²) in [6.07, 6.45) is 1.02. The number of carbonyl (C=O) groups is 1. The number of sulfonamides is 1. The third kappa shape index (κ3) is 3.68. The topological polar surface area (TPSA) is 69.7 Å². The quantitative estimate of drug-likeness (QED) is 0.612. The van der Waals surface area contributed by atoms with Crippen molar-refractivity contribution in [3.63, 3.8) is 0 Å². The van der Waals surface area contributed by atoms with Crippen molar-refractivity contribution in [3.8, 4) is 0 Å². The van der Waals surface area contributed by atoms with Gasteiger partial charge in [-0.2, -0.15) is 0 Å². The molecule has 0 saturated heterocycles. The highest BCUT2D eigenvalue weighted by molar-refractivity contribution is 7.99. The molecule has 3 aromatic carbocycles. The monoisotopic (exact) mass is 465 g/mol. The molecule has 5 rings (SSSR count). The predicted octanol–water partition coefficient (Wildman–Crippen LogP) is 4.18. The van der Waals surface area contributed by atoms with Crippen molar-refractivity contribution < 1.29 is 13.2 Å². The molecule has 164 valence electrons. The maximum atomic E-state index is 13.2. The minimum absolute atomic E-state index is 0.0427. The van der Waals surface area contributed by atoms with Crippen molar-refractivity contribution in [2.45, 2.75) is 27.5 Å². The van der Waals surface area contributed by atoms with Crippen molar-refractivity contribution in [1.82, 2.24) is 4.72 Å². The van der Waals surface area contributed by atoms with Crippen LogP contribution in [0.1, 0.15) is 12.0 Å². The Morgan fingerprint density at radius 1 is 0.969 bits per heavy atom. The van der Waals surface area contributed by atoms with Crippen LogP contribution in [-0.2, 0) is 21.2 Å². The van der Waals surface area contributed by atoms with Crippen molar-refractivity contribution in [3.05, 3.63) is 72.3 Å². The van der Waals surface area contributed by atoms with Crippen molar-refractivity contribution in [2.75, 3.05) is 29.9 Å². The van der Waals surface area contributed by atoms with E-state index in [0.717, 1.165) is 22.6 Å². The molecule has 0 radical (unpaired) electrons. The van der Waals surface area contributed by atoms with E-state index in [1.165, 1.54) is 16.8 Å². The van der Waals surface area contributed by atoms with Crippen LogP contribution in [0.5, 0.6) is 0 Å². The molecule has 0 spiro atoms. The zero-order valence-electron chi connectivity index (χ0n) is 17.6. The van der Waals surface area contributed by atoms with E-state index in [4.69, 9.17) is 0 Å². The van der Waals surface area contributed by atoms with Gasteiger partial charge in [0.1, 0.15) is 0 Å². The Kier molecular flexibility index (Phi) is 5.44. The van der Waals surface area contributed by atoms with Gasteiger partial charge in [0.05, 0.1) is 16.3 Å². The van der Waals surface area contributed by atoms with Gasteiger partial charge in [0.2, 0.25) is 15.9 Å². The summed E-state index contributed by atoms with van der Waals surface area (Å²) in [5, 5.41) is 0. The first kappa shape index (κ1) is 21.1. The van der Waals surface area contributed by atoms with Gasteiger partial charge in [0, 0.05) is 35.0 Å². The van der Waals surface area contributed by atoms with Gasteiger partial charge in [-0.1, -0.05) is 36.0 Å². The lowest BCUT2D eigenvalue weighted by Gasteiger charge is -2.33. The molecule has 2 aliphatic rings. The first-order chi connectivity index (χ1) is 15.5. The van der Waals surface area contributed by atoms with Gasteiger partial charge in [0.15, 0.2) is 0 Å². The summed E-state index contributed by atoms with van der Waals surface area (Å²) in [7, 11) is -2.10. The Hall–Kier alpha value is -2.81. The van der Waals surface area contributed by atoms with Crippen LogP contribution in [0, 0.1) is 0 Å². The number of amides is 1. The second kappa shape index (κ2) is 8.27. The Morgan fingerprint density at radius 2 is 1.62 bits per heavy atom. The van der Waals surface area contributed by atoms with Crippen LogP contribution in [0.25, 0.3) is 0 Å². The van der Waals surface area contributed by atoms with Crippen LogP contribution in [-0.4, -0.2) is 34.5 Å². The van der Waals surface area contributed by atoms with E-state index in [9.17, 15) is 13.2 Å². The zero-order chi connectivity index (χ0) is 22.3. The summed E-state index contributed by atoms with van der Waals surface area (Å²) in [6.45, 7) is 1.14. The standard InChI is InChI=1S/C24H23N3O3S2/c1-25-32(29,30)18-10-11-19-17(16-18)12-14-27(19)24(28)13-15-26-20-6-2-4-8-22(20)31-23-9-5-3-7-21(23)26/h2-11,16,25H,12-15H2,1H3. The number of benzene rings is 3. The summed E-state index contributed by atoms with van der Waals surface area (Å²) in [5.41, 5.74) is 3.93. The van der Waals surface area contributed by atoms with Crippen molar-refractivity contribution >= 4 is 44.8 Å². The number of nitrogens with one attached hydrogen (secondary N) is 1. The minimum atomic E-state index is -3.50. The highest BCUT2D eigenvalue weighted by Gasteiger charge is 2.28. The van der Waals surface area contributed by atoms with E-state index in [-0.39, 0.29) is 10.8 Å². The average Bonchev–Trinajstić information content (AvgIpc) is 3.25. The molecule has 1 amide bonds. The average molecular weight is 466 g/mol. The van der Waals surface area contributed by atoms with Gasteiger partial charge in [-0.3, -0.25) is 4.79 Å². The highest BCUT2D eigenvalue weighted by Crippen LogP contribution is 2.47. The molecule has 3 aromatic rings. The van der Waals surface area contributed by atoms with Crippen molar-refractivity contribution in [2.24, 2.45) is 0 Å². The molecule has 0 aliphatic carbocycles. The molecule has 8 heteroatoms. The molecule has 0 unspecified atom stereocenters. The maximum absolute atomic E-state index is 13.2. The third-order valence-electron chi connectivity index (χ3n) is 5.91. The molecule has 6 nitrogen and oxygen atoms in total. The lowest BCUT2D eigenvalue weighted by Crippen LogP contribution is -2.32. The molecule has 0 bridgehead atoms. The fourth-order valence-electron chi connectivity index (χ4n) is 4.29. The Morgan fingerprint density at radius 3 is 2.28 bits per heavy atom. The van der Waals surface area contributed by atoms with E-state index >= 15 is 0 Å². The molecule has 2 aliphatic heterocycles. The zero-order valence-corrected chi connectivity index (χ0v) is 19.2. The number of rotatable bonds is 5. The second-order valence-corrected chi connectivity index (χ2v) is 10.7. The molecule has 1 N–H and O–H groups in total. The third-order valence-corrected chi connectivity index (χ3v) is 8.45. The fourth-order valence-corrected chi connectivity index (χ4v) is 6.16. The molecular formula is C24H23N3O3S2. The predicted molar refractivity (Wildman–Crippen MR) is 127 cm³/mol. The number of carbonyl (C=O) groups excluding carboxylic acids is 1. The Labute approximate surface area is 192 Å². The van der Waals surface area contributed by atoms with Gasteiger partial charge in [-0.25, -0.2) is 13.1 Å². The van der Waals surface area contributed by atoms with Gasteiger partial charge in [0.25, 0.3) is 0 Å². The van der Waals surface area contributed by atoms with E-state index in [1.54, 1.807) is 34.9 Å². The lowest BCUT2D eigenvalue weighted by atomic mass is 10.2. The molecule has 0 fully saturated rings. The van der Waals surface area contributed by atoms with Gasteiger partial charge < -0.3 is 9.80 Å². The van der Waals surface area contributed by atoms with Crippen LogP contribution in [0.2, 0.25) is 0 Å². The van der Waals surface area contributed by atoms with Crippen LogP contribution in [0.15, 0.2) is 81.4 Å². The van der Waals surface area contributed by atoms with Gasteiger partial charge >= 0.3 is 0 Å². The summed E-state index contributed by atoms with van der Waals surface area (Å²) in [4.78, 5) is 19.8. The molecule has 0 atom stereocenters. The maximum Gasteiger partial charge on any atom is 0.240 e. The number of fused-ring (bicyclic) bond motifs is 3. The lowest BCUT2D eigenvalue weighted by molar-refractivity contribution is -0.118. The number of nitrogens with zero attached hydrogens (tertiary/aromatic N) is 2. The van der Waals surface area contributed by atoms with E-state index in [1.807, 2.05) is 24.3 Å². The van der Waals surface area contributed by atoms with E-state index in [0.29, 0.717) is 25.9 Å². The van der Waals surface area contributed by atoms with Gasteiger partial charge in [-0.05, 0) is 61.5 Å². The summed E-state index contributed by atoms with van der Waals surface area (Å²) >= 11 is 1.75. The van der Waals surface area contributed by atoms with E-state index < -0.39 is 10.0 Å². The normalized spacial score (nSPS) is 14.7. The molecule has 0 saturated carbocycles. The number of hydrogen-bond acceptors (Lipinski definition) is 5. The van der Waals surface area contributed by atoms with Crippen LogP contribution < -0.4 is 14.5 Å². The number of para-hydroxylation sites is 2.